The minimum Gasteiger partial charge on any atom is -0.374 e. The molecule has 5 nitrogen and oxygen atoms in total. The molecule has 1 aromatic heterocycles. The lowest BCUT2D eigenvalue weighted by atomic mass is 10.1. The number of morpholine rings is 1. The lowest BCUT2D eigenvalue weighted by Crippen LogP contribution is -2.47. The molecule has 1 fully saturated rings. The number of rotatable bonds is 2. The van der Waals surface area contributed by atoms with E-state index in [2.05, 4.69) is 18.8 Å². The van der Waals surface area contributed by atoms with Crippen LogP contribution in [0.25, 0.3) is 0 Å². The van der Waals surface area contributed by atoms with E-state index in [1.54, 1.807) is 17.1 Å². The molecule has 1 atom stereocenters. The van der Waals surface area contributed by atoms with Gasteiger partial charge in [0, 0.05) is 20.1 Å². The van der Waals surface area contributed by atoms with Crippen LogP contribution in [0.2, 0.25) is 0 Å². The molecule has 0 N–H and O–H groups in total. The Morgan fingerprint density at radius 1 is 1.59 bits per heavy atom. The summed E-state index contributed by atoms with van der Waals surface area (Å²) in [4.78, 5) is 18.1. The molecule has 0 bridgehead atoms. The normalized spacial score (nSPS) is 20.9. The number of aryl methyl sites for hydroxylation is 1. The fraction of sp³-hybridized carbons (Fsp3) is 0.667. The summed E-state index contributed by atoms with van der Waals surface area (Å²) >= 11 is 0. The molecule has 1 unspecified atom stereocenters. The molecular formula is C12H19N3O2. The number of aromatic nitrogens is 2. The van der Waals surface area contributed by atoms with Gasteiger partial charge in [-0.2, -0.15) is 0 Å². The minimum absolute atomic E-state index is 0.0407. The Bertz CT molecular complexity index is 400. The number of amides is 1. The van der Waals surface area contributed by atoms with E-state index in [0.29, 0.717) is 31.3 Å². The van der Waals surface area contributed by atoms with Crippen LogP contribution in [0.5, 0.6) is 0 Å². The molecule has 94 valence electrons. The van der Waals surface area contributed by atoms with E-state index in [9.17, 15) is 4.79 Å². The average Bonchev–Trinajstić information content (AvgIpc) is 2.74. The highest BCUT2D eigenvalue weighted by atomic mass is 16.5. The van der Waals surface area contributed by atoms with E-state index >= 15 is 0 Å². The summed E-state index contributed by atoms with van der Waals surface area (Å²) < 4.78 is 7.40. The van der Waals surface area contributed by atoms with Crippen LogP contribution in [0.15, 0.2) is 12.5 Å². The first-order valence-corrected chi connectivity index (χ1v) is 5.96. The van der Waals surface area contributed by atoms with Gasteiger partial charge in [0.15, 0.2) is 0 Å². The highest BCUT2D eigenvalue weighted by Gasteiger charge is 2.27. The number of carbonyl (C=O) groups is 1. The molecule has 2 heterocycles. The van der Waals surface area contributed by atoms with Crippen molar-refractivity contribution in [2.24, 2.45) is 13.0 Å². The van der Waals surface area contributed by atoms with Crippen molar-refractivity contribution in [1.29, 1.82) is 0 Å². The maximum atomic E-state index is 12.3. The van der Waals surface area contributed by atoms with E-state index in [0.717, 1.165) is 0 Å². The molecule has 0 radical (unpaired) electrons. The molecule has 2 rings (SSSR count). The van der Waals surface area contributed by atoms with Crippen molar-refractivity contribution in [2.45, 2.75) is 20.0 Å². The summed E-state index contributed by atoms with van der Waals surface area (Å²) in [5.74, 6) is 0.469. The van der Waals surface area contributed by atoms with E-state index in [-0.39, 0.29) is 12.0 Å². The van der Waals surface area contributed by atoms with E-state index < -0.39 is 0 Å². The van der Waals surface area contributed by atoms with Crippen molar-refractivity contribution in [1.82, 2.24) is 14.5 Å². The van der Waals surface area contributed by atoms with Crippen LogP contribution < -0.4 is 0 Å². The van der Waals surface area contributed by atoms with Crippen molar-refractivity contribution in [3.63, 3.8) is 0 Å². The summed E-state index contributed by atoms with van der Waals surface area (Å²) in [7, 11) is 1.83. The second-order valence-electron chi connectivity index (χ2n) is 4.79. The van der Waals surface area contributed by atoms with Crippen LogP contribution in [-0.4, -0.2) is 46.2 Å². The number of imidazole rings is 1. The number of carbonyl (C=O) groups excluding carboxylic acids is 1. The van der Waals surface area contributed by atoms with Gasteiger partial charge in [-0.25, -0.2) is 4.98 Å². The fourth-order valence-corrected chi connectivity index (χ4v) is 1.99. The van der Waals surface area contributed by atoms with Crippen molar-refractivity contribution in [2.75, 3.05) is 19.7 Å². The lowest BCUT2D eigenvalue weighted by Gasteiger charge is -2.34. The Morgan fingerprint density at radius 3 is 2.94 bits per heavy atom. The Morgan fingerprint density at radius 2 is 2.35 bits per heavy atom. The van der Waals surface area contributed by atoms with Crippen molar-refractivity contribution in [3.05, 3.63) is 18.2 Å². The van der Waals surface area contributed by atoms with Crippen molar-refractivity contribution in [3.8, 4) is 0 Å². The Balaban J connectivity index is 2.07. The van der Waals surface area contributed by atoms with Crippen LogP contribution in [-0.2, 0) is 11.8 Å². The van der Waals surface area contributed by atoms with Crippen LogP contribution >= 0.6 is 0 Å². The van der Waals surface area contributed by atoms with Crippen molar-refractivity contribution < 1.29 is 9.53 Å². The Hall–Kier alpha value is -1.36. The molecule has 0 saturated carbocycles. The van der Waals surface area contributed by atoms with Gasteiger partial charge in [-0.3, -0.25) is 4.79 Å². The second-order valence-corrected chi connectivity index (χ2v) is 4.79. The summed E-state index contributed by atoms with van der Waals surface area (Å²) in [5, 5.41) is 0. The highest BCUT2D eigenvalue weighted by molar-refractivity contribution is 5.92. The van der Waals surface area contributed by atoms with Gasteiger partial charge in [-0.05, 0) is 5.92 Å². The fourth-order valence-electron chi connectivity index (χ4n) is 1.99. The average molecular weight is 237 g/mol. The van der Waals surface area contributed by atoms with Gasteiger partial charge in [-0.1, -0.05) is 13.8 Å². The first kappa shape index (κ1) is 12.1. The summed E-state index contributed by atoms with van der Waals surface area (Å²) in [6.45, 7) is 6.17. The third kappa shape index (κ3) is 2.49. The van der Waals surface area contributed by atoms with E-state index in [1.165, 1.54) is 0 Å². The minimum atomic E-state index is 0.0407. The zero-order valence-corrected chi connectivity index (χ0v) is 10.6. The zero-order valence-electron chi connectivity index (χ0n) is 10.6. The highest BCUT2D eigenvalue weighted by Crippen LogP contribution is 2.15. The van der Waals surface area contributed by atoms with Gasteiger partial charge in [0.05, 0.1) is 25.2 Å². The first-order valence-electron chi connectivity index (χ1n) is 5.96. The molecule has 17 heavy (non-hydrogen) atoms. The second kappa shape index (κ2) is 4.87. The molecule has 1 aromatic rings. The Kier molecular flexibility index (Phi) is 3.47. The number of hydrogen-bond acceptors (Lipinski definition) is 3. The van der Waals surface area contributed by atoms with Crippen molar-refractivity contribution >= 4 is 5.91 Å². The molecular weight excluding hydrogens is 218 g/mol. The quantitative estimate of drug-likeness (QED) is 0.768. The number of ether oxygens (including phenoxy) is 1. The Labute approximate surface area is 101 Å². The summed E-state index contributed by atoms with van der Waals surface area (Å²) in [6, 6.07) is 0. The predicted molar refractivity (Wildman–Crippen MR) is 63.7 cm³/mol. The molecule has 1 aliphatic heterocycles. The molecule has 1 amide bonds. The summed E-state index contributed by atoms with van der Waals surface area (Å²) in [6.07, 6.45) is 3.40. The van der Waals surface area contributed by atoms with E-state index in [1.807, 2.05) is 11.9 Å². The van der Waals surface area contributed by atoms with E-state index in [4.69, 9.17) is 4.74 Å². The van der Waals surface area contributed by atoms with Gasteiger partial charge in [0.2, 0.25) is 0 Å². The SMILES string of the molecule is CC(C)C1CN(C(=O)c2cncn2C)CCO1. The smallest absolute Gasteiger partial charge is 0.272 e. The van der Waals surface area contributed by atoms with Gasteiger partial charge < -0.3 is 14.2 Å². The van der Waals surface area contributed by atoms with Gasteiger partial charge in [0.1, 0.15) is 5.69 Å². The maximum Gasteiger partial charge on any atom is 0.272 e. The summed E-state index contributed by atoms with van der Waals surface area (Å²) in [5.41, 5.74) is 0.634. The number of nitrogens with zero attached hydrogens (tertiary/aromatic N) is 3. The molecule has 0 aromatic carbocycles. The van der Waals surface area contributed by atoms with Crippen LogP contribution in [0.1, 0.15) is 24.3 Å². The van der Waals surface area contributed by atoms with Crippen LogP contribution in [0.3, 0.4) is 0 Å². The third-order valence-corrected chi connectivity index (χ3v) is 3.16. The van der Waals surface area contributed by atoms with Crippen LogP contribution in [0.4, 0.5) is 0 Å². The molecule has 0 spiro atoms. The topological polar surface area (TPSA) is 47.4 Å². The predicted octanol–water partition coefficient (Wildman–Crippen LogP) is 0.917. The molecule has 1 aliphatic rings. The van der Waals surface area contributed by atoms with Gasteiger partial charge in [0.25, 0.3) is 5.91 Å². The number of hydrogen-bond donors (Lipinski definition) is 0. The zero-order chi connectivity index (χ0) is 12.4. The maximum absolute atomic E-state index is 12.3. The standard InChI is InChI=1S/C12H19N3O2/c1-9(2)11-7-15(4-5-17-11)12(16)10-6-13-8-14(10)3/h6,8-9,11H,4-5,7H2,1-3H3. The first-order chi connectivity index (χ1) is 8.09. The molecule has 1 saturated heterocycles. The van der Waals surface area contributed by atoms with Gasteiger partial charge in [-0.15, -0.1) is 0 Å². The third-order valence-electron chi connectivity index (χ3n) is 3.16. The van der Waals surface area contributed by atoms with Crippen LogP contribution in [0, 0.1) is 5.92 Å². The largest absolute Gasteiger partial charge is 0.374 e. The lowest BCUT2D eigenvalue weighted by molar-refractivity contribution is -0.0423. The van der Waals surface area contributed by atoms with Gasteiger partial charge >= 0.3 is 0 Å². The molecule has 5 heteroatoms. The molecule has 0 aliphatic carbocycles. The monoisotopic (exact) mass is 237 g/mol.